The Balaban J connectivity index is 1.59. The number of amides is 2. The number of aliphatic hydroxyl groups is 1. The summed E-state index contributed by atoms with van der Waals surface area (Å²) in [6.07, 6.45) is -0.210. The summed E-state index contributed by atoms with van der Waals surface area (Å²) in [5, 5.41) is 24.1. The molecule has 0 bridgehead atoms. The summed E-state index contributed by atoms with van der Waals surface area (Å²) in [5.41, 5.74) is 2.84. The van der Waals surface area contributed by atoms with Gasteiger partial charge in [0, 0.05) is 12.5 Å². The first-order valence-electron chi connectivity index (χ1n) is 11.0. The topological polar surface area (TPSA) is 125 Å². The Bertz CT molecular complexity index is 974. The van der Waals surface area contributed by atoms with E-state index in [1.54, 1.807) is 0 Å². The molecule has 176 valence electrons. The van der Waals surface area contributed by atoms with Crippen molar-refractivity contribution in [3.8, 4) is 11.1 Å². The fourth-order valence-electron chi connectivity index (χ4n) is 4.13. The summed E-state index contributed by atoms with van der Waals surface area (Å²) in [5.74, 6) is -1.76. The molecule has 0 fully saturated rings. The molecule has 0 aliphatic heterocycles. The lowest BCUT2D eigenvalue weighted by atomic mass is 9.98. The molecular formula is C25H30N2O6. The van der Waals surface area contributed by atoms with Crippen LogP contribution in [0.4, 0.5) is 4.79 Å². The van der Waals surface area contributed by atoms with Crippen LogP contribution in [0.2, 0.25) is 0 Å². The standard InChI is InChI=1S/C25H30N2O6/c1-3-8-21(23(30)26-15-25(2,32)13-22(28)29)27-24(31)33-14-20-18-11-6-4-9-16(18)17-10-5-7-12-19(17)20/h4-7,9-12,20-21,32H,3,8,13-15H2,1-2H3,(H,26,30)(H,27,31)(H,28,29)/t21-,25?/m1/s1. The van der Waals surface area contributed by atoms with Crippen molar-refractivity contribution < 1.29 is 29.3 Å². The molecule has 0 spiro atoms. The highest BCUT2D eigenvalue weighted by molar-refractivity contribution is 5.86. The molecule has 0 heterocycles. The van der Waals surface area contributed by atoms with E-state index >= 15 is 0 Å². The summed E-state index contributed by atoms with van der Waals surface area (Å²) in [4.78, 5) is 35.9. The van der Waals surface area contributed by atoms with Crippen molar-refractivity contribution in [1.29, 1.82) is 0 Å². The van der Waals surface area contributed by atoms with E-state index in [0.29, 0.717) is 12.8 Å². The number of hydrogen-bond donors (Lipinski definition) is 4. The molecular weight excluding hydrogens is 424 g/mol. The Kier molecular flexibility index (Phi) is 7.71. The normalized spacial score (nSPS) is 15.0. The minimum Gasteiger partial charge on any atom is -0.481 e. The van der Waals surface area contributed by atoms with Crippen molar-refractivity contribution >= 4 is 18.0 Å². The van der Waals surface area contributed by atoms with Crippen LogP contribution in [-0.2, 0) is 14.3 Å². The van der Waals surface area contributed by atoms with Gasteiger partial charge in [-0.3, -0.25) is 9.59 Å². The predicted molar refractivity (Wildman–Crippen MR) is 123 cm³/mol. The van der Waals surface area contributed by atoms with Gasteiger partial charge in [0.15, 0.2) is 0 Å². The van der Waals surface area contributed by atoms with Crippen LogP contribution in [0.5, 0.6) is 0 Å². The van der Waals surface area contributed by atoms with E-state index in [4.69, 9.17) is 9.84 Å². The molecule has 0 saturated heterocycles. The maximum atomic E-state index is 12.5. The third kappa shape index (κ3) is 6.10. The van der Waals surface area contributed by atoms with Gasteiger partial charge in [-0.2, -0.15) is 0 Å². The van der Waals surface area contributed by atoms with Crippen LogP contribution in [0.15, 0.2) is 48.5 Å². The summed E-state index contributed by atoms with van der Waals surface area (Å²) in [6, 6.07) is 15.2. The number of hydrogen-bond acceptors (Lipinski definition) is 5. The van der Waals surface area contributed by atoms with Crippen LogP contribution in [0.3, 0.4) is 0 Å². The number of carbonyl (C=O) groups excluding carboxylic acids is 2. The van der Waals surface area contributed by atoms with Crippen LogP contribution in [0.25, 0.3) is 11.1 Å². The number of rotatable bonds is 10. The molecule has 33 heavy (non-hydrogen) atoms. The highest BCUT2D eigenvalue weighted by Crippen LogP contribution is 2.44. The van der Waals surface area contributed by atoms with Crippen molar-refractivity contribution in [2.45, 2.75) is 50.7 Å². The Hall–Kier alpha value is -3.39. The minimum atomic E-state index is -1.60. The maximum Gasteiger partial charge on any atom is 0.407 e. The van der Waals surface area contributed by atoms with Gasteiger partial charge in [-0.25, -0.2) is 4.79 Å². The lowest BCUT2D eigenvalue weighted by Crippen LogP contribution is -2.51. The van der Waals surface area contributed by atoms with Crippen LogP contribution in [-0.4, -0.2) is 53.0 Å². The third-order valence-electron chi connectivity index (χ3n) is 5.71. The van der Waals surface area contributed by atoms with E-state index in [2.05, 4.69) is 22.8 Å². The van der Waals surface area contributed by atoms with Gasteiger partial charge in [0.2, 0.25) is 5.91 Å². The summed E-state index contributed by atoms with van der Waals surface area (Å²) in [7, 11) is 0. The quantitative estimate of drug-likeness (QED) is 0.437. The molecule has 2 amide bonds. The molecule has 2 aromatic carbocycles. The first kappa shape index (κ1) is 24.3. The Morgan fingerprint density at radius 2 is 1.64 bits per heavy atom. The number of carboxylic acid groups (broad SMARTS) is 1. The van der Waals surface area contributed by atoms with Crippen LogP contribution in [0.1, 0.15) is 50.2 Å². The zero-order chi connectivity index (χ0) is 24.0. The van der Waals surface area contributed by atoms with E-state index in [-0.39, 0.29) is 19.1 Å². The minimum absolute atomic E-state index is 0.0901. The van der Waals surface area contributed by atoms with Crippen molar-refractivity contribution in [3.63, 3.8) is 0 Å². The van der Waals surface area contributed by atoms with Gasteiger partial charge in [0.05, 0.1) is 12.0 Å². The molecule has 8 heteroatoms. The second kappa shape index (κ2) is 10.5. The fraction of sp³-hybridized carbons (Fsp3) is 0.400. The number of carbonyl (C=O) groups is 3. The van der Waals surface area contributed by atoms with Gasteiger partial charge in [-0.1, -0.05) is 61.9 Å². The Morgan fingerprint density at radius 3 is 2.18 bits per heavy atom. The van der Waals surface area contributed by atoms with Gasteiger partial charge in [0.1, 0.15) is 12.6 Å². The number of aliphatic carboxylic acids is 1. The number of carboxylic acids is 1. The van der Waals surface area contributed by atoms with Crippen molar-refractivity contribution in [2.24, 2.45) is 0 Å². The Morgan fingerprint density at radius 1 is 1.06 bits per heavy atom. The van der Waals surface area contributed by atoms with E-state index in [1.807, 2.05) is 43.3 Å². The largest absolute Gasteiger partial charge is 0.481 e. The highest BCUT2D eigenvalue weighted by Gasteiger charge is 2.30. The van der Waals surface area contributed by atoms with E-state index in [1.165, 1.54) is 6.92 Å². The highest BCUT2D eigenvalue weighted by atomic mass is 16.5. The summed E-state index contributed by atoms with van der Waals surface area (Å²) >= 11 is 0. The van der Waals surface area contributed by atoms with E-state index in [0.717, 1.165) is 22.3 Å². The molecule has 1 unspecified atom stereocenters. The molecule has 2 aromatic rings. The smallest absolute Gasteiger partial charge is 0.407 e. The van der Waals surface area contributed by atoms with E-state index < -0.39 is 36.0 Å². The lowest BCUT2D eigenvalue weighted by molar-refractivity contribution is -0.142. The predicted octanol–water partition coefficient (Wildman–Crippen LogP) is 3.04. The molecule has 4 N–H and O–H groups in total. The number of ether oxygens (including phenoxy) is 1. The van der Waals surface area contributed by atoms with Gasteiger partial charge in [0.25, 0.3) is 0 Å². The van der Waals surface area contributed by atoms with Crippen LogP contribution >= 0.6 is 0 Å². The maximum absolute atomic E-state index is 12.5. The SMILES string of the molecule is CCC[C@@H](NC(=O)OCC1c2ccccc2-c2ccccc21)C(=O)NCC(C)(O)CC(=O)O. The van der Waals surface area contributed by atoms with Gasteiger partial charge < -0.3 is 25.6 Å². The zero-order valence-electron chi connectivity index (χ0n) is 18.8. The molecule has 1 aliphatic carbocycles. The molecule has 8 nitrogen and oxygen atoms in total. The summed E-state index contributed by atoms with van der Waals surface area (Å²) in [6.45, 7) is 3.09. The van der Waals surface area contributed by atoms with Gasteiger partial charge >= 0.3 is 12.1 Å². The van der Waals surface area contributed by atoms with Gasteiger partial charge in [-0.05, 0) is 35.6 Å². The van der Waals surface area contributed by atoms with Crippen molar-refractivity contribution in [2.75, 3.05) is 13.2 Å². The number of nitrogens with one attached hydrogen (secondary N) is 2. The molecule has 1 aliphatic rings. The fourth-order valence-corrected chi connectivity index (χ4v) is 4.13. The average Bonchev–Trinajstić information content (AvgIpc) is 3.09. The molecule has 0 radical (unpaired) electrons. The third-order valence-corrected chi connectivity index (χ3v) is 5.71. The first-order chi connectivity index (χ1) is 15.7. The number of alkyl carbamates (subject to hydrolysis) is 1. The molecule has 0 saturated carbocycles. The lowest BCUT2D eigenvalue weighted by Gasteiger charge is -2.24. The first-order valence-corrected chi connectivity index (χ1v) is 11.0. The van der Waals surface area contributed by atoms with Crippen LogP contribution < -0.4 is 10.6 Å². The summed E-state index contributed by atoms with van der Waals surface area (Å²) < 4.78 is 5.51. The van der Waals surface area contributed by atoms with Gasteiger partial charge in [-0.15, -0.1) is 0 Å². The van der Waals surface area contributed by atoms with Crippen molar-refractivity contribution in [1.82, 2.24) is 10.6 Å². The zero-order valence-corrected chi connectivity index (χ0v) is 18.8. The molecule has 0 aromatic heterocycles. The average molecular weight is 455 g/mol. The molecule has 2 atom stereocenters. The monoisotopic (exact) mass is 454 g/mol. The molecule has 3 rings (SSSR count). The number of fused-ring (bicyclic) bond motifs is 3. The van der Waals surface area contributed by atoms with Crippen LogP contribution in [0, 0.1) is 0 Å². The second-order valence-electron chi connectivity index (χ2n) is 8.60. The number of benzene rings is 2. The Labute approximate surface area is 193 Å². The van der Waals surface area contributed by atoms with Crippen molar-refractivity contribution in [3.05, 3.63) is 59.7 Å². The van der Waals surface area contributed by atoms with E-state index in [9.17, 15) is 19.5 Å². The second-order valence-corrected chi connectivity index (χ2v) is 8.60.